The molecule has 1 heterocycles. The fourth-order valence-corrected chi connectivity index (χ4v) is 2.66. The lowest BCUT2D eigenvalue weighted by Crippen LogP contribution is -2.39. The monoisotopic (exact) mass is 235 g/mol. The van der Waals surface area contributed by atoms with E-state index in [1.54, 1.807) is 12.4 Å². The van der Waals surface area contributed by atoms with E-state index in [2.05, 4.69) is 9.88 Å². The van der Waals surface area contributed by atoms with E-state index in [0.29, 0.717) is 18.3 Å². The molecule has 1 aromatic heterocycles. The van der Waals surface area contributed by atoms with Gasteiger partial charge in [0.2, 0.25) is 0 Å². The summed E-state index contributed by atoms with van der Waals surface area (Å²) in [7, 11) is 0. The minimum atomic E-state index is 0.165. The molecule has 4 heteroatoms. The van der Waals surface area contributed by atoms with Crippen LogP contribution < -0.4 is 10.6 Å². The van der Waals surface area contributed by atoms with Crippen molar-refractivity contribution in [2.45, 2.75) is 38.1 Å². The Morgan fingerprint density at radius 2 is 2.12 bits per heavy atom. The van der Waals surface area contributed by atoms with Crippen LogP contribution in [0.2, 0.25) is 0 Å². The number of aromatic nitrogens is 1. The summed E-state index contributed by atoms with van der Waals surface area (Å²) in [5, 5.41) is 9.22. The SMILES string of the molecule is Nc1cnccc1N(CCO)C1CCCCC1. The van der Waals surface area contributed by atoms with Gasteiger partial charge in [0.05, 0.1) is 24.2 Å². The van der Waals surface area contributed by atoms with E-state index < -0.39 is 0 Å². The molecule has 2 rings (SSSR count). The number of nitrogen functional groups attached to an aromatic ring is 1. The van der Waals surface area contributed by atoms with E-state index in [-0.39, 0.29) is 6.61 Å². The Kier molecular flexibility index (Phi) is 4.20. The molecule has 17 heavy (non-hydrogen) atoms. The first kappa shape index (κ1) is 12.2. The zero-order valence-corrected chi connectivity index (χ0v) is 10.2. The predicted octanol–water partition coefficient (Wildman–Crippen LogP) is 1.80. The first-order chi connectivity index (χ1) is 8.33. The van der Waals surface area contributed by atoms with E-state index in [1.165, 1.54) is 32.1 Å². The molecule has 1 aliphatic rings. The molecule has 1 fully saturated rings. The van der Waals surface area contributed by atoms with E-state index in [1.807, 2.05) is 6.07 Å². The fourth-order valence-electron chi connectivity index (χ4n) is 2.66. The van der Waals surface area contributed by atoms with Gasteiger partial charge in [0.1, 0.15) is 0 Å². The van der Waals surface area contributed by atoms with Crippen molar-refractivity contribution in [3.05, 3.63) is 18.5 Å². The number of nitrogens with two attached hydrogens (primary N) is 1. The molecule has 94 valence electrons. The maximum atomic E-state index is 9.22. The van der Waals surface area contributed by atoms with Gasteiger partial charge in [0.25, 0.3) is 0 Å². The molecule has 4 nitrogen and oxygen atoms in total. The number of hydrogen-bond donors (Lipinski definition) is 2. The first-order valence-corrected chi connectivity index (χ1v) is 6.40. The summed E-state index contributed by atoms with van der Waals surface area (Å²) < 4.78 is 0. The highest BCUT2D eigenvalue weighted by Gasteiger charge is 2.22. The Labute approximate surface area is 102 Å². The summed E-state index contributed by atoms with van der Waals surface area (Å²) in [6, 6.07) is 2.46. The highest BCUT2D eigenvalue weighted by atomic mass is 16.3. The van der Waals surface area contributed by atoms with Gasteiger partial charge in [-0.2, -0.15) is 0 Å². The smallest absolute Gasteiger partial charge is 0.0738 e. The molecular formula is C13H21N3O. The Morgan fingerprint density at radius 3 is 2.76 bits per heavy atom. The summed E-state index contributed by atoms with van der Waals surface area (Å²) in [4.78, 5) is 6.26. The number of pyridine rings is 1. The van der Waals surface area contributed by atoms with Crippen LogP contribution >= 0.6 is 0 Å². The molecule has 0 spiro atoms. The van der Waals surface area contributed by atoms with Crippen molar-refractivity contribution < 1.29 is 5.11 Å². The number of hydrogen-bond acceptors (Lipinski definition) is 4. The molecule has 0 aliphatic heterocycles. The van der Waals surface area contributed by atoms with Gasteiger partial charge in [-0.15, -0.1) is 0 Å². The normalized spacial score (nSPS) is 17.0. The van der Waals surface area contributed by atoms with E-state index in [9.17, 15) is 5.11 Å². The summed E-state index contributed by atoms with van der Waals surface area (Å²) in [6.45, 7) is 0.817. The third-order valence-corrected chi connectivity index (χ3v) is 3.49. The fraction of sp³-hybridized carbons (Fsp3) is 0.615. The molecule has 0 unspecified atom stereocenters. The quantitative estimate of drug-likeness (QED) is 0.835. The maximum absolute atomic E-state index is 9.22. The molecule has 1 aliphatic carbocycles. The lowest BCUT2D eigenvalue weighted by molar-refractivity contribution is 0.290. The van der Waals surface area contributed by atoms with Gasteiger partial charge in [0, 0.05) is 18.8 Å². The highest BCUT2D eigenvalue weighted by molar-refractivity contribution is 5.66. The van der Waals surface area contributed by atoms with Crippen molar-refractivity contribution in [1.82, 2.24) is 4.98 Å². The molecule has 1 aromatic rings. The van der Waals surface area contributed by atoms with E-state index >= 15 is 0 Å². The summed E-state index contributed by atoms with van der Waals surface area (Å²) in [5.74, 6) is 0. The number of aliphatic hydroxyl groups is 1. The minimum Gasteiger partial charge on any atom is -0.396 e. The van der Waals surface area contributed by atoms with Gasteiger partial charge in [-0.25, -0.2) is 0 Å². The van der Waals surface area contributed by atoms with Gasteiger partial charge in [-0.3, -0.25) is 4.98 Å². The van der Waals surface area contributed by atoms with E-state index in [4.69, 9.17) is 5.73 Å². The number of nitrogens with zero attached hydrogens (tertiary/aromatic N) is 2. The van der Waals surface area contributed by atoms with Crippen LogP contribution in [0.5, 0.6) is 0 Å². The Bertz CT molecular complexity index is 350. The number of aliphatic hydroxyl groups excluding tert-OH is 1. The first-order valence-electron chi connectivity index (χ1n) is 6.40. The summed E-state index contributed by atoms with van der Waals surface area (Å²) in [6.07, 6.45) is 9.72. The van der Waals surface area contributed by atoms with Crippen molar-refractivity contribution in [2.24, 2.45) is 0 Å². The second-order valence-corrected chi connectivity index (χ2v) is 4.64. The van der Waals surface area contributed by atoms with Crippen LogP contribution in [0.15, 0.2) is 18.5 Å². The minimum absolute atomic E-state index is 0.165. The molecule has 0 amide bonds. The summed E-state index contributed by atoms with van der Waals surface area (Å²) >= 11 is 0. The molecule has 0 saturated heterocycles. The third kappa shape index (κ3) is 2.88. The molecule has 0 bridgehead atoms. The van der Waals surface area contributed by atoms with Crippen LogP contribution in [0.4, 0.5) is 11.4 Å². The van der Waals surface area contributed by atoms with Crippen molar-refractivity contribution in [3.63, 3.8) is 0 Å². The molecular weight excluding hydrogens is 214 g/mol. The topological polar surface area (TPSA) is 62.4 Å². The van der Waals surface area contributed by atoms with Gasteiger partial charge < -0.3 is 15.7 Å². The van der Waals surface area contributed by atoms with Crippen LogP contribution in [0.3, 0.4) is 0 Å². The highest BCUT2D eigenvalue weighted by Crippen LogP contribution is 2.29. The molecule has 0 radical (unpaired) electrons. The second-order valence-electron chi connectivity index (χ2n) is 4.64. The standard InChI is InChI=1S/C13H21N3O/c14-12-10-15-7-6-13(12)16(8-9-17)11-4-2-1-3-5-11/h6-7,10-11,17H,1-5,8-9,14H2. The number of anilines is 2. The summed E-state index contributed by atoms with van der Waals surface area (Å²) in [5.41, 5.74) is 7.69. The van der Waals surface area contributed by atoms with Crippen LogP contribution in [-0.2, 0) is 0 Å². The average molecular weight is 235 g/mol. The Morgan fingerprint density at radius 1 is 1.35 bits per heavy atom. The zero-order chi connectivity index (χ0) is 12.1. The number of rotatable bonds is 4. The zero-order valence-electron chi connectivity index (χ0n) is 10.2. The maximum Gasteiger partial charge on any atom is 0.0738 e. The van der Waals surface area contributed by atoms with Gasteiger partial charge in [-0.05, 0) is 18.9 Å². The van der Waals surface area contributed by atoms with Crippen molar-refractivity contribution >= 4 is 11.4 Å². The van der Waals surface area contributed by atoms with Crippen LogP contribution in [-0.4, -0.2) is 29.3 Å². The average Bonchev–Trinajstić information content (AvgIpc) is 2.38. The van der Waals surface area contributed by atoms with Crippen molar-refractivity contribution in [2.75, 3.05) is 23.8 Å². The lowest BCUT2D eigenvalue weighted by Gasteiger charge is -2.36. The molecule has 3 N–H and O–H groups in total. The third-order valence-electron chi connectivity index (χ3n) is 3.49. The second kappa shape index (κ2) is 5.87. The van der Waals surface area contributed by atoms with Gasteiger partial charge in [-0.1, -0.05) is 19.3 Å². The Balaban J connectivity index is 2.18. The van der Waals surface area contributed by atoms with Crippen molar-refractivity contribution in [3.8, 4) is 0 Å². The van der Waals surface area contributed by atoms with Crippen molar-refractivity contribution in [1.29, 1.82) is 0 Å². The largest absolute Gasteiger partial charge is 0.396 e. The van der Waals surface area contributed by atoms with E-state index in [0.717, 1.165) is 5.69 Å². The molecule has 0 aromatic carbocycles. The lowest BCUT2D eigenvalue weighted by atomic mass is 9.93. The van der Waals surface area contributed by atoms with Gasteiger partial charge in [0.15, 0.2) is 0 Å². The molecule has 0 atom stereocenters. The molecule has 1 saturated carbocycles. The van der Waals surface area contributed by atoms with Crippen LogP contribution in [0.1, 0.15) is 32.1 Å². The Hall–Kier alpha value is -1.29. The predicted molar refractivity (Wildman–Crippen MR) is 70.0 cm³/mol. The van der Waals surface area contributed by atoms with Crippen LogP contribution in [0, 0.1) is 0 Å². The van der Waals surface area contributed by atoms with Crippen LogP contribution in [0.25, 0.3) is 0 Å². The van der Waals surface area contributed by atoms with Gasteiger partial charge >= 0.3 is 0 Å².